The minimum Gasteiger partial charge on any atom is -0.478 e. The maximum atomic E-state index is 10.9. The fourth-order valence-electron chi connectivity index (χ4n) is 1.78. The SMILES string of the molecule is CCC(C)N(C)CCNc1ccc(C(=O)O)c(C)n1. The molecule has 0 aliphatic carbocycles. The van der Waals surface area contributed by atoms with Crippen molar-refractivity contribution in [3.63, 3.8) is 0 Å². The van der Waals surface area contributed by atoms with Crippen molar-refractivity contribution in [1.82, 2.24) is 9.88 Å². The summed E-state index contributed by atoms with van der Waals surface area (Å²) in [5.74, 6) is -0.215. The van der Waals surface area contributed by atoms with Crippen LogP contribution in [-0.4, -0.2) is 47.1 Å². The Bertz CT molecular complexity index is 435. The number of carbonyl (C=O) groups is 1. The van der Waals surface area contributed by atoms with Crippen LogP contribution in [0.5, 0.6) is 0 Å². The summed E-state index contributed by atoms with van der Waals surface area (Å²) in [5.41, 5.74) is 0.787. The summed E-state index contributed by atoms with van der Waals surface area (Å²) >= 11 is 0. The van der Waals surface area contributed by atoms with Crippen LogP contribution in [0.1, 0.15) is 36.3 Å². The largest absolute Gasteiger partial charge is 0.478 e. The van der Waals surface area contributed by atoms with E-state index in [1.807, 2.05) is 0 Å². The van der Waals surface area contributed by atoms with E-state index in [0.29, 0.717) is 11.7 Å². The Morgan fingerprint density at radius 1 is 1.53 bits per heavy atom. The number of anilines is 1. The van der Waals surface area contributed by atoms with Crippen LogP contribution in [0.25, 0.3) is 0 Å². The highest BCUT2D eigenvalue weighted by Crippen LogP contribution is 2.10. The van der Waals surface area contributed by atoms with Crippen molar-refractivity contribution in [3.8, 4) is 0 Å². The predicted molar refractivity (Wildman–Crippen MR) is 76.8 cm³/mol. The Morgan fingerprint density at radius 2 is 2.21 bits per heavy atom. The van der Waals surface area contributed by atoms with E-state index in [4.69, 9.17) is 5.11 Å². The van der Waals surface area contributed by atoms with Gasteiger partial charge < -0.3 is 15.3 Å². The Kier molecular flexibility index (Phi) is 5.76. The number of nitrogens with one attached hydrogen (secondary N) is 1. The van der Waals surface area contributed by atoms with Crippen molar-refractivity contribution in [1.29, 1.82) is 0 Å². The van der Waals surface area contributed by atoms with Crippen molar-refractivity contribution in [3.05, 3.63) is 23.4 Å². The van der Waals surface area contributed by atoms with E-state index >= 15 is 0 Å². The summed E-state index contributed by atoms with van der Waals surface area (Å²) in [6, 6.07) is 3.86. The molecule has 0 aliphatic rings. The molecule has 1 unspecified atom stereocenters. The molecule has 0 saturated heterocycles. The van der Waals surface area contributed by atoms with Crippen molar-refractivity contribution in [2.24, 2.45) is 0 Å². The lowest BCUT2D eigenvalue weighted by molar-refractivity contribution is 0.0695. The molecule has 1 atom stereocenters. The minimum absolute atomic E-state index is 0.252. The van der Waals surface area contributed by atoms with Gasteiger partial charge in [0.2, 0.25) is 0 Å². The molecule has 0 fully saturated rings. The van der Waals surface area contributed by atoms with Crippen LogP contribution in [0.2, 0.25) is 0 Å². The lowest BCUT2D eigenvalue weighted by atomic mass is 10.2. The molecular formula is C14H23N3O2. The summed E-state index contributed by atoms with van der Waals surface area (Å²) < 4.78 is 0. The van der Waals surface area contributed by atoms with Gasteiger partial charge in [-0.2, -0.15) is 0 Å². The van der Waals surface area contributed by atoms with Gasteiger partial charge in [-0.1, -0.05) is 6.92 Å². The molecule has 0 spiro atoms. The van der Waals surface area contributed by atoms with Crippen molar-refractivity contribution >= 4 is 11.8 Å². The third kappa shape index (κ3) is 4.52. The highest BCUT2D eigenvalue weighted by molar-refractivity contribution is 5.89. The van der Waals surface area contributed by atoms with E-state index in [-0.39, 0.29) is 5.56 Å². The van der Waals surface area contributed by atoms with Gasteiger partial charge >= 0.3 is 5.97 Å². The topological polar surface area (TPSA) is 65.5 Å². The molecule has 1 aromatic rings. The zero-order valence-electron chi connectivity index (χ0n) is 12.1. The highest BCUT2D eigenvalue weighted by atomic mass is 16.4. The van der Waals surface area contributed by atoms with E-state index in [9.17, 15) is 4.79 Å². The number of rotatable bonds is 7. The van der Waals surface area contributed by atoms with Crippen molar-refractivity contribution in [2.75, 3.05) is 25.5 Å². The zero-order chi connectivity index (χ0) is 14.4. The first kappa shape index (κ1) is 15.4. The second-order valence-electron chi connectivity index (χ2n) is 4.80. The lowest BCUT2D eigenvalue weighted by Gasteiger charge is -2.23. The highest BCUT2D eigenvalue weighted by Gasteiger charge is 2.09. The molecule has 1 rings (SSSR count). The summed E-state index contributed by atoms with van der Waals surface area (Å²) in [6.45, 7) is 7.80. The number of likely N-dealkylation sites (N-methyl/N-ethyl adjacent to an activating group) is 1. The van der Waals surface area contributed by atoms with E-state index in [2.05, 4.69) is 36.1 Å². The molecule has 0 radical (unpaired) electrons. The fourth-order valence-corrected chi connectivity index (χ4v) is 1.78. The van der Waals surface area contributed by atoms with Gasteiger partial charge in [-0.25, -0.2) is 9.78 Å². The first-order valence-electron chi connectivity index (χ1n) is 6.60. The second kappa shape index (κ2) is 7.09. The molecule has 5 nitrogen and oxygen atoms in total. The van der Waals surface area contributed by atoms with Crippen LogP contribution < -0.4 is 5.32 Å². The third-order valence-corrected chi connectivity index (χ3v) is 3.43. The molecule has 0 aliphatic heterocycles. The average Bonchev–Trinajstić information content (AvgIpc) is 2.37. The molecule has 1 aromatic heterocycles. The van der Waals surface area contributed by atoms with Crippen LogP contribution in [0, 0.1) is 6.92 Å². The number of carboxylic acids is 1. The van der Waals surface area contributed by atoms with E-state index in [1.165, 1.54) is 0 Å². The van der Waals surface area contributed by atoms with Gasteiger partial charge in [-0.05, 0) is 39.4 Å². The first-order chi connectivity index (χ1) is 8.95. The molecule has 0 aromatic carbocycles. The first-order valence-corrected chi connectivity index (χ1v) is 6.60. The molecule has 0 amide bonds. The Hall–Kier alpha value is -1.62. The molecule has 106 valence electrons. The molecule has 5 heteroatoms. The molecular weight excluding hydrogens is 242 g/mol. The maximum Gasteiger partial charge on any atom is 0.337 e. The lowest BCUT2D eigenvalue weighted by Crippen LogP contribution is -2.32. The maximum absolute atomic E-state index is 10.9. The van der Waals surface area contributed by atoms with Gasteiger partial charge in [0.05, 0.1) is 11.3 Å². The Balaban J connectivity index is 2.51. The van der Waals surface area contributed by atoms with Gasteiger partial charge in [0.25, 0.3) is 0 Å². The number of carboxylic acid groups (broad SMARTS) is 1. The normalized spacial score (nSPS) is 12.5. The van der Waals surface area contributed by atoms with Crippen molar-refractivity contribution < 1.29 is 9.90 Å². The number of aromatic nitrogens is 1. The smallest absolute Gasteiger partial charge is 0.337 e. The predicted octanol–water partition coefficient (Wildman–Crippen LogP) is 2.23. The molecule has 1 heterocycles. The van der Waals surface area contributed by atoms with Gasteiger partial charge in [-0.15, -0.1) is 0 Å². The standard InChI is InChI=1S/C14H23N3O2/c1-5-10(2)17(4)9-8-15-13-7-6-12(14(18)19)11(3)16-13/h6-7,10H,5,8-9H2,1-4H3,(H,15,16)(H,18,19). The summed E-state index contributed by atoms with van der Waals surface area (Å²) in [7, 11) is 2.10. The summed E-state index contributed by atoms with van der Waals surface area (Å²) in [4.78, 5) is 17.4. The quantitative estimate of drug-likeness (QED) is 0.791. The number of aryl methyl sites for hydroxylation is 1. The number of pyridine rings is 1. The van der Waals surface area contributed by atoms with E-state index < -0.39 is 5.97 Å². The van der Waals surface area contributed by atoms with Crippen molar-refractivity contribution in [2.45, 2.75) is 33.2 Å². The van der Waals surface area contributed by atoms with Crippen LogP contribution >= 0.6 is 0 Å². The molecule has 0 saturated carbocycles. The van der Waals surface area contributed by atoms with E-state index in [1.54, 1.807) is 19.1 Å². The Labute approximate surface area is 114 Å². The number of hydrogen-bond acceptors (Lipinski definition) is 4. The molecule has 0 bridgehead atoms. The Morgan fingerprint density at radius 3 is 2.74 bits per heavy atom. The van der Waals surface area contributed by atoms with Crippen LogP contribution in [0.15, 0.2) is 12.1 Å². The monoisotopic (exact) mass is 265 g/mol. The van der Waals surface area contributed by atoms with Gasteiger partial charge in [0.15, 0.2) is 0 Å². The second-order valence-corrected chi connectivity index (χ2v) is 4.80. The van der Waals surface area contributed by atoms with Crippen LogP contribution in [-0.2, 0) is 0 Å². The molecule has 2 N–H and O–H groups in total. The zero-order valence-corrected chi connectivity index (χ0v) is 12.1. The molecule has 19 heavy (non-hydrogen) atoms. The number of aromatic carboxylic acids is 1. The number of hydrogen-bond donors (Lipinski definition) is 2. The van der Waals surface area contributed by atoms with Crippen LogP contribution in [0.3, 0.4) is 0 Å². The van der Waals surface area contributed by atoms with E-state index in [0.717, 1.165) is 25.3 Å². The fraction of sp³-hybridized carbons (Fsp3) is 0.571. The summed E-state index contributed by atoms with van der Waals surface area (Å²) in [6.07, 6.45) is 1.13. The van der Waals surface area contributed by atoms with Crippen LogP contribution in [0.4, 0.5) is 5.82 Å². The summed E-state index contributed by atoms with van der Waals surface area (Å²) in [5, 5.41) is 12.1. The van der Waals surface area contributed by atoms with Gasteiger partial charge in [-0.3, -0.25) is 0 Å². The van der Waals surface area contributed by atoms with Gasteiger partial charge in [0, 0.05) is 19.1 Å². The average molecular weight is 265 g/mol. The number of nitrogens with zero attached hydrogens (tertiary/aromatic N) is 2. The van der Waals surface area contributed by atoms with Gasteiger partial charge in [0.1, 0.15) is 5.82 Å². The minimum atomic E-state index is -0.937. The third-order valence-electron chi connectivity index (χ3n) is 3.43.